The fourth-order valence-corrected chi connectivity index (χ4v) is 1.94. The first-order valence-electron chi connectivity index (χ1n) is 6.08. The van der Waals surface area contributed by atoms with Crippen molar-refractivity contribution in [3.63, 3.8) is 0 Å². The minimum Gasteiger partial charge on any atom is -0.479 e. The number of amides is 1. The number of ether oxygens (including phenoxy) is 1. The van der Waals surface area contributed by atoms with E-state index in [-0.39, 0.29) is 12.0 Å². The normalized spacial score (nSPS) is 24.1. The van der Waals surface area contributed by atoms with E-state index in [1.165, 1.54) is 17.3 Å². The van der Waals surface area contributed by atoms with Gasteiger partial charge in [0.25, 0.3) is 0 Å². The van der Waals surface area contributed by atoms with Crippen LogP contribution in [-0.2, 0) is 14.3 Å². The van der Waals surface area contributed by atoms with Crippen molar-refractivity contribution in [2.45, 2.75) is 38.0 Å². The second kappa shape index (κ2) is 5.79. The molecule has 0 spiro atoms. The van der Waals surface area contributed by atoms with Gasteiger partial charge in [0.2, 0.25) is 5.91 Å². The standard InChI is InChI=1S/C11H16N4O4/c1-7(15-6-12-5-14-15)10(16)13-4-8-2-3-9(19-8)11(17)18/h5-9H,2-4H2,1H3,(H,13,16)(H,17,18). The van der Waals surface area contributed by atoms with E-state index in [2.05, 4.69) is 15.4 Å². The molecule has 1 aromatic heterocycles. The van der Waals surface area contributed by atoms with Crippen molar-refractivity contribution in [2.75, 3.05) is 6.54 Å². The molecule has 0 radical (unpaired) electrons. The highest BCUT2D eigenvalue weighted by molar-refractivity contribution is 5.79. The number of nitrogens with one attached hydrogen (secondary N) is 1. The zero-order valence-electron chi connectivity index (χ0n) is 10.5. The van der Waals surface area contributed by atoms with Gasteiger partial charge in [-0.2, -0.15) is 5.10 Å². The molecule has 2 N–H and O–H groups in total. The van der Waals surface area contributed by atoms with Crippen LogP contribution in [0.15, 0.2) is 12.7 Å². The number of carboxylic acids is 1. The summed E-state index contributed by atoms with van der Waals surface area (Å²) >= 11 is 0. The van der Waals surface area contributed by atoms with E-state index < -0.39 is 18.1 Å². The van der Waals surface area contributed by atoms with Gasteiger partial charge in [0.1, 0.15) is 18.7 Å². The molecule has 1 aliphatic rings. The summed E-state index contributed by atoms with van der Waals surface area (Å²) in [6.07, 6.45) is 2.95. The zero-order chi connectivity index (χ0) is 13.8. The van der Waals surface area contributed by atoms with Crippen LogP contribution in [0.3, 0.4) is 0 Å². The number of hydrogen-bond acceptors (Lipinski definition) is 5. The van der Waals surface area contributed by atoms with Gasteiger partial charge in [0.15, 0.2) is 6.10 Å². The maximum atomic E-state index is 11.8. The van der Waals surface area contributed by atoms with Crippen LogP contribution in [0.5, 0.6) is 0 Å². The minimum absolute atomic E-state index is 0.201. The minimum atomic E-state index is -0.954. The molecule has 1 fully saturated rings. The first kappa shape index (κ1) is 13.5. The van der Waals surface area contributed by atoms with Crippen molar-refractivity contribution in [3.8, 4) is 0 Å². The Labute approximate surface area is 109 Å². The summed E-state index contributed by atoms with van der Waals surface area (Å²) in [7, 11) is 0. The first-order valence-corrected chi connectivity index (χ1v) is 6.08. The van der Waals surface area contributed by atoms with Gasteiger partial charge in [-0.1, -0.05) is 0 Å². The van der Waals surface area contributed by atoms with Crippen LogP contribution in [0.1, 0.15) is 25.8 Å². The molecule has 8 nitrogen and oxygen atoms in total. The van der Waals surface area contributed by atoms with Crippen molar-refractivity contribution in [1.29, 1.82) is 0 Å². The van der Waals surface area contributed by atoms with Crippen LogP contribution in [0, 0.1) is 0 Å². The van der Waals surface area contributed by atoms with Gasteiger partial charge in [0, 0.05) is 6.54 Å². The Bertz CT molecular complexity index is 448. The monoisotopic (exact) mass is 268 g/mol. The average molecular weight is 268 g/mol. The fourth-order valence-electron chi connectivity index (χ4n) is 1.94. The first-order chi connectivity index (χ1) is 9.08. The molecule has 1 aromatic rings. The van der Waals surface area contributed by atoms with Crippen molar-refractivity contribution >= 4 is 11.9 Å². The predicted octanol–water partition coefficient (Wildman–Crippen LogP) is -0.412. The predicted molar refractivity (Wildman–Crippen MR) is 63.3 cm³/mol. The SMILES string of the molecule is CC(C(=O)NCC1CCC(C(=O)O)O1)n1cncn1. The summed E-state index contributed by atoms with van der Waals surface area (Å²) in [6.45, 7) is 2.02. The van der Waals surface area contributed by atoms with E-state index in [0.29, 0.717) is 19.4 Å². The van der Waals surface area contributed by atoms with Crippen LogP contribution >= 0.6 is 0 Å². The van der Waals surface area contributed by atoms with Crippen LogP contribution < -0.4 is 5.32 Å². The molecule has 2 heterocycles. The topological polar surface area (TPSA) is 106 Å². The Morgan fingerprint density at radius 1 is 1.58 bits per heavy atom. The summed E-state index contributed by atoms with van der Waals surface area (Å²) in [4.78, 5) is 26.3. The van der Waals surface area contributed by atoms with Gasteiger partial charge in [-0.05, 0) is 19.8 Å². The molecule has 0 aliphatic carbocycles. The average Bonchev–Trinajstić information content (AvgIpc) is 3.05. The lowest BCUT2D eigenvalue weighted by atomic mass is 10.2. The van der Waals surface area contributed by atoms with Gasteiger partial charge in [-0.25, -0.2) is 14.5 Å². The van der Waals surface area contributed by atoms with E-state index in [1.807, 2.05) is 0 Å². The molecule has 3 atom stereocenters. The second-order valence-electron chi connectivity index (χ2n) is 4.46. The van der Waals surface area contributed by atoms with E-state index >= 15 is 0 Å². The van der Waals surface area contributed by atoms with E-state index in [1.54, 1.807) is 6.92 Å². The Hall–Kier alpha value is -1.96. The smallest absolute Gasteiger partial charge is 0.332 e. The van der Waals surface area contributed by atoms with Gasteiger partial charge in [-0.15, -0.1) is 0 Å². The molecule has 0 bridgehead atoms. The van der Waals surface area contributed by atoms with Crippen LogP contribution in [0.4, 0.5) is 0 Å². The molecule has 0 aromatic carbocycles. The molecule has 1 saturated heterocycles. The fraction of sp³-hybridized carbons (Fsp3) is 0.636. The molecule has 3 unspecified atom stereocenters. The third kappa shape index (κ3) is 3.28. The molecule has 19 heavy (non-hydrogen) atoms. The Balaban J connectivity index is 1.77. The van der Waals surface area contributed by atoms with Gasteiger partial charge in [-0.3, -0.25) is 4.79 Å². The molecule has 0 saturated carbocycles. The Morgan fingerprint density at radius 3 is 2.95 bits per heavy atom. The van der Waals surface area contributed by atoms with Crippen molar-refractivity contribution in [3.05, 3.63) is 12.7 Å². The maximum absolute atomic E-state index is 11.8. The highest BCUT2D eigenvalue weighted by Gasteiger charge is 2.30. The van der Waals surface area contributed by atoms with Gasteiger partial charge >= 0.3 is 5.97 Å². The summed E-state index contributed by atoms with van der Waals surface area (Å²) in [5, 5.41) is 15.4. The van der Waals surface area contributed by atoms with E-state index in [4.69, 9.17) is 9.84 Å². The summed E-state index contributed by atoms with van der Waals surface area (Å²) in [5.74, 6) is -1.15. The number of carboxylic acid groups (broad SMARTS) is 1. The molecule has 1 aliphatic heterocycles. The van der Waals surface area contributed by atoms with E-state index in [9.17, 15) is 9.59 Å². The second-order valence-corrected chi connectivity index (χ2v) is 4.46. The lowest BCUT2D eigenvalue weighted by molar-refractivity contribution is -0.149. The molecule has 104 valence electrons. The highest BCUT2D eigenvalue weighted by atomic mass is 16.5. The lowest BCUT2D eigenvalue weighted by Crippen LogP contribution is -2.37. The van der Waals surface area contributed by atoms with Crippen molar-refractivity contribution in [1.82, 2.24) is 20.1 Å². The molecule has 8 heteroatoms. The van der Waals surface area contributed by atoms with E-state index in [0.717, 1.165) is 0 Å². The number of hydrogen-bond donors (Lipinski definition) is 2. The molecule has 2 rings (SSSR count). The zero-order valence-corrected chi connectivity index (χ0v) is 10.5. The number of carbonyl (C=O) groups excluding carboxylic acids is 1. The van der Waals surface area contributed by atoms with Crippen LogP contribution in [-0.4, -0.2) is 50.5 Å². The Kier molecular flexibility index (Phi) is 4.10. The summed E-state index contributed by atoms with van der Waals surface area (Å²) in [6, 6.07) is -0.459. The number of aliphatic carboxylic acids is 1. The quantitative estimate of drug-likeness (QED) is 0.751. The van der Waals surface area contributed by atoms with Gasteiger partial charge < -0.3 is 15.2 Å². The van der Waals surface area contributed by atoms with Crippen LogP contribution in [0.2, 0.25) is 0 Å². The number of carbonyl (C=O) groups is 2. The third-order valence-electron chi connectivity index (χ3n) is 3.10. The number of aromatic nitrogens is 3. The summed E-state index contributed by atoms with van der Waals surface area (Å²) < 4.78 is 6.74. The lowest BCUT2D eigenvalue weighted by Gasteiger charge is -2.15. The number of rotatable bonds is 5. The third-order valence-corrected chi connectivity index (χ3v) is 3.10. The summed E-state index contributed by atoms with van der Waals surface area (Å²) in [5.41, 5.74) is 0. The Morgan fingerprint density at radius 2 is 2.37 bits per heavy atom. The van der Waals surface area contributed by atoms with Crippen molar-refractivity contribution < 1.29 is 19.4 Å². The molecular formula is C11H16N4O4. The largest absolute Gasteiger partial charge is 0.479 e. The van der Waals surface area contributed by atoms with Crippen molar-refractivity contribution in [2.24, 2.45) is 0 Å². The maximum Gasteiger partial charge on any atom is 0.332 e. The number of nitrogens with zero attached hydrogens (tertiary/aromatic N) is 3. The van der Waals surface area contributed by atoms with Crippen LogP contribution in [0.25, 0.3) is 0 Å². The molecular weight excluding hydrogens is 252 g/mol. The molecule has 1 amide bonds. The van der Waals surface area contributed by atoms with Gasteiger partial charge in [0.05, 0.1) is 6.10 Å². The highest BCUT2D eigenvalue weighted by Crippen LogP contribution is 2.19.